The van der Waals surface area contributed by atoms with E-state index in [4.69, 9.17) is 32.7 Å². The summed E-state index contributed by atoms with van der Waals surface area (Å²) in [6.07, 6.45) is -0.576. The van der Waals surface area contributed by atoms with Gasteiger partial charge in [-0.2, -0.15) is 0 Å². The van der Waals surface area contributed by atoms with Crippen molar-refractivity contribution in [2.75, 3.05) is 26.3 Å². The van der Waals surface area contributed by atoms with E-state index in [1.165, 1.54) is 0 Å². The zero-order valence-electron chi connectivity index (χ0n) is 10.6. The van der Waals surface area contributed by atoms with E-state index in [0.29, 0.717) is 42.1 Å². The van der Waals surface area contributed by atoms with E-state index in [-0.39, 0.29) is 5.91 Å². The largest absolute Gasteiger partial charge is 0.481 e. The molecule has 1 aliphatic heterocycles. The van der Waals surface area contributed by atoms with Crippen molar-refractivity contribution >= 4 is 29.1 Å². The summed E-state index contributed by atoms with van der Waals surface area (Å²) >= 11 is 11.8. The number of nitrogens with zero attached hydrogens (tertiary/aromatic N) is 1. The number of rotatable bonds is 3. The Morgan fingerprint density at radius 2 is 1.84 bits per heavy atom. The van der Waals surface area contributed by atoms with Crippen LogP contribution in [0.5, 0.6) is 5.75 Å². The van der Waals surface area contributed by atoms with Gasteiger partial charge in [-0.25, -0.2) is 0 Å². The maximum atomic E-state index is 12.2. The summed E-state index contributed by atoms with van der Waals surface area (Å²) in [5.41, 5.74) is 0. The zero-order valence-corrected chi connectivity index (χ0v) is 12.1. The highest BCUT2D eigenvalue weighted by atomic mass is 35.5. The van der Waals surface area contributed by atoms with E-state index in [2.05, 4.69) is 0 Å². The lowest BCUT2D eigenvalue weighted by atomic mass is 10.3. The summed E-state index contributed by atoms with van der Waals surface area (Å²) in [4.78, 5) is 13.9. The van der Waals surface area contributed by atoms with Crippen molar-refractivity contribution < 1.29 is 14.3 Å². The predicted octanol–water partition coefficient (Wildman–Crippen LogP) is 2.62. The van der Waals surface area contributed by atoms with Crippen molar-refractivity contribution in [1.82, 2.24) is 4.90 Å². The Kier molecular flexibility index (Phi) is 4.91. The van der Waals surface area contributed by atoms with Crippen LogP contribution in [-0.4, -0.2) is 43.2 Å². The summed E-state index contributed by atoms with van der Waals surface area (Å²) < 4.78 is 10.8. The lowest BCUT2D eigenvalue weighted by molar-refractivity contribution is -0.142. The number of benzene rings is 1. The van der Waals surface area contributed by atoms with Gasteiger partial charge in [0.2, 0.25) is 0 Å². The normalized spacial score (nSPS) is 17.1. The third-order valence-electron chi connectivity index (χ3n) is 2.82. The Morgan fingerprint density at radius 3 is 2.42 bits per heavy atom. The van der Waals surface area contributed by atoms with E-state index in [1.54, 1.807) is 30.0 Å². The number of ether oxygens (including phenoxy) is 2. The fourth-order valence-electron chi connectivity index (χ4n) is 1.89. The van der Waals surface area contributed by atoms with Gasteiger partial charge in [0.1, 0.15) is 5.75 Å². The van der Waals surface area contributed by atoms with E-state index in [0.717, 1.165) is 0 Å². The van der Waals surface area contributed by atoms with Gasteiger partial charge in [-0.3, -0.25) is 4.79 Å². The minimum absolute atomic E-state index is 0.0561. The first-order valence-corrected chi connectivity index (χ1v) is 6.81. The van der Waals surface area contributed by atoms with Crippen molar-refractivity contribution in [1.29, 1.82) is 0 Å². The van der Waals surface area contributed by atoms with Gasteiger partial charge in [0, 0.05) is 23.1 Å². The molecule has 1 heterocycles. The van der Waals surface area contributed by atoms with Crippen LogP contribution in [0.1, 0.15) is 6.92 Å². The third kappa shape index (κ3) is 4.00. The van der Waals surface area contributed by atoms with Gasteiger partial charge < -0.3 is 14.4 Å². The zero-order chi connectivity index (χ0) is 13.8. The molecule has 0 spiro atoms. The van der Waals surface area contributed by atoms with Crippen LogP contribution in [0, 0.1) is 0 Å². The molecule has 1 fully saturated rings. The predicted molar refractivity (Wildman–Crippen MR) is 74.0 cm³/mol. The first kappa shape index (κ1) is 14.4. The molecule has 1 aromatic rings. The molecular formula is C13H15Cl2NO3. The highest BCUT2D eigenvalue weighted by molar-refractivity contribution is 6.34. The molecule has 6 heteroatoms. The highest BCUT2D eigenvalue weighted by Gasteiger charge is 2.23. The van der Waals surface area contributed by atoms with Crippen molar-refractivity contribution in [3.05, 3.63) is 28.2 Å². The smallest absolute Gasteiger partial charge is 0.263 e. The van der Waals surface area contributed by atoms with Gasteiger partial charge in [0.05, 0.1) is 13.2 Å². The first-order chi connectivity index (χ1) is 9.06. The molecule has 0 unspecified atom stereocenters. The quantitative estimate of drug-likeness (QED) is 0.861. The van der Waals surface area contributed by atoms with Gasteiger partial charge in [-0.05, 0) is 25.1 Å². The number of halogens is 2. The Morgan fingerprint density at radius 1 is 1.26 bits per heavy atom. The summed E-state index contributed by atoms with van der Waals surface area (Å²) in [6.45, 7) is 4.06. The minimum Gasteiger partial charge on any atom is -0.481 e. The van der Waals surface area contributed by atoms with Crippen LogP contribution in [0.4, 0.5) is 0 Å². The van der Waals surface area contributed by atoms with Crippen LogP contribution in [0.3, 0.4) is 0 Å². The van der Waals surface area contributed by atoms with E-state index < -0.39 is 6.10 Å². The summed E-state index contributed by atoms with van der Waals surface area (Å²) in [6, 6.07) is 4.89. The van der Waals surface area contributed by atoms with E-state index in [9.17, 15) is 4.79 Å². The first-order valence-electron chi connectivity index (χ1n) is 6.05. The average Bonchev–Trinajstić information content (AvgIpc) is 2.37. The van der Waals surface area contributed by atoms with Gasteiger partial charge >= 0.3 is 0 Å². The maximum Gasteiger partial charge on any atom is 0.263 e. The van der Waals surface area contributed by atoms with Gasteiger partial charge in [-0.15, -0.1) is 0 Å². The van der Waals surface area contributed by atoms with Crippen molar-refractivity contribution in [3.63, 3.8) is 0 Å². The van der Waals surface area contributed by atoms with Crippen LogP contribution in [0.15, 0.2) is 18.2 Å². The minimum atomic E-state index is -0.576. The summed E-state index contributed by atoms with van der Waals surface area (Å²) in [5.74, 6) is 0.436. The number of hydrogen-bond donors (Lipinski definition) is 0. The molecular weight excluding hydrogens is 289 g/mol. The topological polar surface area (TPSA) is 38.8 Å². The Labute approximate surface area is 122 Å². The average molecular weight is 304 g/mol. The standard InChI is InChI=1S/C13H15Cl2NO3/c1-9(13(17)16-2-4-18-5-3-16)19-12-7-10(14)6-11(15)8-12/h6-9H,2-5H2,1H3/t9-/m0/s1. The molecule has 1 aliphatic rings. The Bertz CT molecular complexity index is 441. The second-order valence-corrected chi connectivity index (χ2v) is 5.18. The molecule has 1 atom stereocenters. The van der Waals surface area contributed by atoms with Crippen LogP contribution < -0.4 is 4.74 Å². The second-order valence-electron chi connectivity index (χ2n) is 4.30. The molecule has 1 saturated heterocycles. The lowest BCUT2D eigenvalue weighted by Crippen LogP contribution is -2.46. The molecule has 1 aromatic carbocycles. The number of morpholine rings is 1. The maximum absolute atomic E-state index is 12.2. The molecule has 0 saturated carbocycles. The summed E-state index contributed by atoms with van der Waals surface area (Å²) in [5, 5.41) is 0.960. The van der Waals surface area contributed by atoms with Crippen LogP contribution in [-0.2, 0) is 9.53 Å². The molecule has 19 heavy (non-hydrogen) atoms. The van der Waals surface area contributed by atoms with Crippen molar-refractivity contribution in [2.45, 2.75) is 13.0 Å². The van der Waals surface area contributed by atoms with Crippen LogP contribution in [0.25, 0.3) is 0 Å². The Hall–Kier alpha value is -0.970. The molecule has 0 bridgehead atoms. The van der Waals surface area contributed by atoms with Gasteiger partial charge in [-0.1, -0.05) is 23.2 Å². The monoisotopic (exact) mass is 303 g/mol. The molecule has 2 rings (SSSR count). The molecule has 1 amide bonds. The Balaban J connectivity index is 1.99. The van der Waals surface area contributed by atoms with E-state index >= 15 is 0 Å². The molecule has 0 aromatic heterocycles. The van der Waals surface area contributed by atoms with Crippen molar-refractivity contribution in [2.24, 2.45) is 0 Å². The fraction of sp³-hybridized carbons (Fsp3) is 0.462. The number of amides is 1. The molecule has 0 N–H and O–H groups in total. The van der Waals surface area contributed by atoms with Crippen LogP contribution in [0.2, 0.25) is 10.0 Å². The lowest BCUT2D eigenvalue weighted by Gasteiger charge is -2.29. The fourth-order valence-corrected chi connectivity index (χ4v) is 2.40. The number of hydrogen-bond acceptors (Lipinski definition) is 3. The number of carbonyl (C=O) groups excluding carboxylic acids is 1. The molecule has 0 aliphatic carbocycles. The molecule has 4 nitrogen and oxygen atoms in total. The van der Waals surface area contributed by atoms with Gasteiger partial charge in [0.25, 0.3) is 5.91 Å². The molecule has 104 valence electrons. The third-order valence-corrected chi connectivity index (χ3v) is 3.26. The summed E-state index contributed by atoms with van der Waals surface area (Å²) in [7, 11) is 0. The van der Waals surface area contributed by atoms with Gasteiger partial charge in [0.15, 0.2) is 6.10 Å². The van der Waals surface area contributed by atoms with Crippen molar-refractivity contribution in [3.8, 4) is 5.75 Å². The highest BCUT2D eigenvalue weighted by Crippen LogP contribution is 2.25. The SMILES string of the molecule is C[C@H](Oc1cc(Cl)cc(Cl)c1)C(=O)N1CCOCC1. The van der Waals surface area contributed by atoms with E-state index in [1.807, 2.05) is 0 Å². The molecule has 0 radical (unpaired) electrons. The second kappa shape index (κ2) is 6.46. The van der Waals surface area contributed by atoms with Crippen LogP contribution >= 0.6 is 23.2 Å². The number of carbonyl (C=O) groups is 1.